The predicted octanol–water partition coefficient (Wildman–Crippen LogP) is 2.73. The molecule has 0 amide bonds. The molecule has 1 aliphatic rings. The third-order valence-corrected chi connectivity index (χ3v) is 4.57. The molecule has 0 aliphatic carbocycles. The van der Waals surface area contributed by atoms with Gasteiger partial charge in [0.15, 0.2) is 0 Å². The summed E-state index contributed by atoms with van der Waals surface area (Å²) >= 11 is 0. The summed E-state index contributed by atoms with van der Waals surface area (Å²) in [6.45, 7) is 9.87. The van der Waals surface area contributed by atoms with Gasteiger partial charge in [0.25, 0.3) is 0 Å². The largest absolute Gasteiger partial charge is 0.464 e. The molecular weight excluding hydrogens is 318 g/mol. The molecule has 1 heterocycles. The fraction of sp³-hybridized carbons (Fsp3) is 0.500. The van der Waals surface area contributed by atoms with Crippen LogP contribution in [-0.2, 0) is 20.5 Å². The fourth-order valence-corrected chi connectivity index (χ4v) is 3.39. The Morgan fingerprint density at radius 3 is 2.78 bits per heavy atom. The number of hydrogen-bond donors (Lipinski definition) is 2. The smallest absolute Gasteiger partial charge is 0.333 e. The molecule has 1 aromatic rings. The van der Waals surface area contributed by atoms with Gasteiger partial charge in [-0.15, -0.1) is 6.58 Å². The molecule has 7 heteroatoms. The van der Waals surface area contributed by atoms with E-state index < -0.39 is 22.6 Å². The molecule has 1 aliphatic heterocycles. The van der Waals surface area contributed by atoms with Gasteiger partial charge in [-0.25, -0.2) is 0 Å². The van der Waals surface area contributed by atoms with Crippen LogP contribution in [0.2, 0.25) is 0 Å². The minimum atomic E-state index is -4.27. The minimum Gasteiger partial charge on any atom is -0.464 e. The molecule has 0 bridgehead atoms. The monoisotopic (exact) mass is 341 g/mol. The Bertz CT molecular complexity index is 684. The van der Waals surface area contributed by atoms with E-state index in [0.717, 1.165) is 16.9 Å². The summed E-state index contributed by atoms with van der Waals surface area (Å²) in [6, 6.07) is 4.99. The van der Waals surface area contributed by atoms with Gasteiger partial charge in [0.05, 0.1) is 12.0 Å². The first-order chi connectivity index (χ1) is 10.7. The van der Waals surface area contributed by atoms with Crippen LogP contribution in [0.15, 0.2) is 30.9 Å². The number of ether oxygens (including phenoxy) is 2. The maximum atomic E-state index is 11.1. The van der Waals surface area contributed by atoms with Crippen LogP contribution < -0.4 is 9.46 Å². The van der Waals surface area contributed by atoms with Crippen molar-refractivity contribution in [2.45, 2.75) is 44.9 Å². The topological polar surface area (TPSA) is 84.9 Å². The van der Waals surface area contributed by atoms with Crippen LogP contribution >= 0.6 is 0 Å². The Morgan fingerprint density at radius 1 is 1.52 bits per heavy atom. The lowest BCUT2D eigenvalue weighted by Gasteiger charge is -2.25. The van der Waals surface area contributed by atoms with Crippen molar-refractivity contribution in [2.24, 2.45) is 0 Å². The lowest BCUT2D eigenvalue weighted by Crippen LogP contribution is -2.35. The molecule has 0 aromatic heterocycles. The highest BCUT2D eigenvalue weighted by molar-refractivity contribution is 7.83. The summed E-state index contributed by atoms with van der Waals surface area (Å²) in [5.41, 5.74) is 1.33. The lowest BCUT2D eigenvalue weighted by molar-refractivity contribution is -0.0925. The van der Waals surface area contributed by atoms with Gasteiger partial charge in [0.2, 0.25) is 6.29 Å². The zero-order chi connectivity index (χ0) is 17.3. The maximum absolute atomic E-state index is 11.1. The molecule has 2 N–H and O–H groups in total. The van der Waals surface area contributed by atoms with E-state index in [4.69, 9.17) is 14.0 Å². The molecule has 0 saturated carbocycles. The van der Waals surface area contributed by atoms with Gasteiger partial charge < -0.3 is 9.47 Å². The van der Waals surface area contributed by atoms with Crippen molar-refractivity contribution < 1.29 is 22.4 Å². The minimum absolute atomic E-state index is 0.384. The molecule has 128 valence electrons. The molecule has 1 aromatic carbocycles. The number of nitrogens with one attached hydrogen (secondary N) is 1. The summed E-state index contributed by atoms with van der Waals surface area (Å²) in [5, 5.41) is 0. The molecule has 0 saturated heterocycles. The van der Waals surface area contributed by atoms with E-state index in [2.05, 4.69) is 11.3 Å². The van der Waals surface area contributed by atoms with Gasteiger partial charge in [-0.3, -0.25) is 4.55 Å². The molecule has 6 nitrogen and oxygen atoms in total. The molecule has 2 atom stereocenters. The average molecular weight is 341 g/mol. The first-order valence-electron chi connectivity index (χ1n) is 7.47. The van der Waals surface area contributed by atoms with E-state index in [9.17, 15) is 8.42 Å². The van der Waals surface area contributed by atoms with Crippen molar-refractivity contribution in [1.82, 2.24) is 4.72 Å². The quantitative estimate of drug-likeness (QED) is 0.588. The highest BCUT2D eigenvalue weighted by Crippen LogP contribution is 2.44. The van der Waals surface area contributed by atoms with Crippen LogP contribution in [0.4, 0.5) is 0 Å². The summed E-state index contributed by atoms with van der Waals surface area (Å²) in [6.07, 6.45) is 1.74. The number of benzene rings is 1. The van der Waals surface area contributed by atoms with E-state index in [0.29, 0.717) is 13.0 Å². The zero-order valence-electron chi connectivity index (χ0n) is 13.6. The normalized spacial score (nSPS) is 20.6. The van der Waals surface area contributed by atoms with Gasteiger partial charge in [-0.1, -0.05) is 19.1 Å². The summed E-state index contributed by atoms with van der Waals surface area (Å²) in [4.78, 5) is 0. The first kappa shape index (κ1) is 17.9. The maximum Gasteiger partial charge on any atom is 0.333 e. The molecule has 23 heavy (non-hydrogen) atoms. The molecular formula is C16H23NO5S. The van der Waals surface area contributed by atoms with Crippen LogP contribution in [0.25, 0.3) is 0 Å². The van der Waals surface area contributed by atoms with Crippen molar-refractivity contribution in [2.75, 3.05) is 6.61 Å². The second-order valence-corrected chi connectivity index (χ2v) is 7.29. The Labute approximate surface area is 137 Å². The second-order valence-electron chi connectivity index (χ2n) is 6.10. The average Bonchev–Trinajstić information content (AvgIpc) is 2.72. The number of rotatable bonds is 7. The van der Waals surface area contributed by atoms with Crippen LogP contribution in [0.5, 0.6) is 5.75 Å². The Hall–Kier alpha value is -1.41. The van der Waals surface area contributed by atoms with Crippen LogP contribution in [0.3, 0.4) is 0 Å². The van der Waals surface area contributed by atoms with Crippen LogP contribution in [0.1, 0.15) is 44.4 Å². The molecule has 0 fully saturated rings. The summed E-state index contributed by atoms with van der Waals surface area (Å²) in [5.74, 6) is 0.717. The predicted molar refractivity (Wildman–Crippen MR) is 87.7 cm³/mol. The fourth-order valence-electron chi connectivity index (χ4n) is 2.72. The van der Waals surface area contributed by atoms with Gasteiger partial charge in [0.1, 0.15) is 5.75 Å². The van der Waals surface area contributed by atoms with Crippen LogP contribution in [-0.4, -0.2) is 25.9 Å². The summed E-state index contributed by atoms with van der Waals surface area (Å²) < 4.78 is 44.9. The molecule has 0 radical (unpaired) electrons. The standard InChI is InChI=1S/C16H23NO5S/c1-5-9-21-15-16(3,4)12-10-11(7-8-14(12)22-15)13(6-2)17-23(18,19)20/h5,7-8,10,13,15,17H,1,6,9H2,2-4H3,(H,18,19,20). The summed E-state index contributed by atoms with van der Waals surface area (Å²) in [7, 11) is -4.27. The molecule has 0 spiro atoms. The number of hydrogen-bond acceptors (Lipinski definition) is 4. The highest BCUT2D eigenvalue weighted by Gasteiger charge is 2.42. The van der Waals surface area contributed by atoms with Crippen molar-refractivity contribution >= 4 is 10.3 Å². The Balaban J connectivity index is 2.32. The van der Waals surface area contributed by atoms with E-state index >= 15 is 0 Å². The Kier molecular flexibility index (Phi) is 5.15. The lowest BCUT2D eigenvalue weighted by atomic mass is 9.84. The number of fused-ring (bicyclic) bond motifs is 1. The van der Waals surface area contributed by atoms with E-state index in [1.807, 2.05) is 26.8 Å². The second kappa shape index (κ2) is 6.60. The van der Waals surface area contributed by atoms with Crippen molar-refractivity contribution in [3.8, 4) is 5.75 Å². The molecule has 2 unspecified atom stereocenters. The van der Waals surface area contributed by atoms with Gasteiger partial charge in [-0.05, 0) is 38.0 Å². The third kappa shape index (κ3) is 3.92. The first-order valence-corrected chi connectivity index (χ1v) is 8.91. The third-order valence-electron chi connectivity index (χ3n) is 3.99. The van der Waals surface area contributed by atoms with Gasteiger partial charge >= 0.3 is 10.3 Å². The molecule has 2 rings (SSSR count). The van der Waals surface area contributed by atoms with Gasteiger partial charge in [0, 0.05) is 11.6 Å². The van der Waals surface area contributed by atoms with Crippen molar-refractivity contribution in [3.63, 3.8) is 0 Å². The van der Waals surface area contributed by atoms with E-state index in [1.54, 1.807) is 18.2 Å². The van der Waals surface area contributed by atoms with Crippen LogP contribution in [0, 0.1) is 0 Å². The Morgan fingerprint density at radius 2 is 2.22 bits per heavy atom. The zero-order valence-corrected chi connectivity index (χ0v) is 14.4. The van der Waals surface area contributed by atoms with Crippen molar-refractivity contribution in [3.05, 3.63) is 42.0 Å². The van der Waals surface area contributed by atoms with E-state index in [-0.39, 0.29) is 5.41 Å². The van der Waals surface area contributed by atoms with E-state index in [1.165, 1.54) is 0 Å². The van der Waals surface area contributed by atoms with Crippen molar-refractivity contribution in [1.29, 1.82) is 0 Å². The SMILES string of the molecule is C=CCOC1Oc2ccc(C(CC)NS(=O)(=O)O)cc2C1(C)C. The van der Waals surface area contributed by atoms with Gasteiger partial charge in [-0.2, -0.15) is 13.1 Å². The highest BCUT2D eigenvalue weighted by atomic mass is 32.2.